The fraction of sp³-hybridized carbons (Fsp3) is 0.0667. The van der Waals surface area contributed by atoms with Gasteiger partial charge in [0.2, 0.25) is 5.91 Å². The van der Waals surface area contributed by atoms with Crippen molar-refractivity contribution in [3.05, 3.63) is 65.0 Å². The number of hydrogen-bond donors (Lipinski definition) is 1. The van der Waals surface area contributed by atoms with E-state index in [1.165, 1.54) is 6.08 Å². The highest BCUT2D eigenvalue weighted by atomic mass is 35.5. The molecule has 102 valence electrons. The smallest absolute Gasteiger partial charge is 0.241 e. The summed E-state index contributed by atoms with van der Waals surface area (Å²) >= 11 is 6.12. The normalized spacial score (nSPS) is 10.7. The Labute approximate surface area is 121 Å². The molecular formula is C15H13ClN2O2. The number of hydrogen-bond acceptors (Lipinski definition) is 3. The lowest BCUT2D eigenvalue weighted by molar-refractivity contribution is -0.113. The number of nitrogens with zero attached hydrogens (tertiary/aromatic N) is 1. The second-order valence-electron chi connectivity index (χ2n) is 4.08. The topological polar surface area (TPSA) is 65.2 Å². The van der Waals surface area contributed by atoms with Gasteiger partial charge in [-0.3, -0.25) is 9.78 Å². The molecule has 20 heavy (non-hydrogen) atoms. The minimum absolute atomic E-state index is 0.393. The van der Waals surface area contributed by atoms with E-state index in [4.69, 9.17) is 22.1 Å². The average molecular weight is 289 g/mol. The molecule has 0 spiro atoms. The average Bonchev–Trinajstić information content (AvgIpc) is 2.45. The van der Waals surface area contributed by atoms with Crippen molar-refractivity contribution in [1.82, 2.24) is 4.98 Å². The predicted octanol–water partition coefficient (Wildman–Crippen LogP) is 2.81. The van der Waals surface area contributed by atoms with E-state index in [-0.39, 0.29) is 0 Å². The summed E-state index contributed by atoms with van der Waals surface area (Å²) in [5.74, 6) is 0.0739. The van der Waals surface area contributed by atoms with E-state index in [2.05, 4.69) is 4.98 Å². The van der Waals surface area contributed by atoms with Gasteiger partial charge in [0.1, 0.15) is 12.4 Å². The molecule has 2 rings (SSSR count). The second-order valence-corrected chi connectivity index (χ2v) is 4.48. The van der Waals surface area contributed by atoms with Gasteiger partial charge < -0.3 is 10.5 Å². The summed E-state index contributed by atoms with van der Waals surface area (Å²) in [6.07, 6.45) is 6.31. The lowest BCUT2D eigenvalue weighted by Crippen LogP contribution is -2.05. The highest BCUT2D eigenvalue weighted by Crippen LogP contribution is 2.26. The highest BCUT2D eigenvalue weighted by molar-refractivity contribution is 6.32. The monoisotopic (exact) mass is 288 g/mol. The highest BCUT2D eigenvalue weighted by Gasteiger charge is 2.03. The van der Waals surface area contributed by atoms with Gasteiger partial charge >= 0.3 is 0 Å². The van der Waals surface area contributed by atoms with Crippen LogP contribution in [0.4, 0.5) is 0 Å². The Morgan fingerprint density at radius 3 is 2.90 bits per heavy atom. The number of carbonyl (C=O) groups excluding carboxylic acids is 1. The minimum atomic E-state index is -0.502. The first kappa shape index (κ1) is 14.1. The third-order valence-corrected chi connectivity index (χ3v) is 2.81. The van der Waals surface area contributed by atoms with E-state index in [0.29, 0.717) is 17.4 Å². The summed E-state index contributed by atoms with van der Waals surface area (Å²) in [7, 11) is 0. The number of rotatable bonds is 5. The first-order valence-corrected chi connectivity index (χ1v) is 6.32. The molecule has 0 radical (unpaired) electrons. The van der Waals surface area contributed by atoms with Crippen LogP contribution < -0.4 is 10.5 Å². The number of benzene rings is 1. The number of halogens is 1. The van der Waals surface area contributed by atoms with Crippen molar-refractivity contribution in [1.29, 1.82) is 0 Å². The molecule has 0 aliphatic carbocycles. The number of ether oxygens (including phenoxy) is 1. The number of aromatic nitrogens is 1. The summed E-state index contributed by atoms with van der Waals surface area (Å²) in [5, 5.41) is 0.473. The molecule has 2 N–H and O–H groups in total. The number of carbonyl (C=O) groups is 1. The number of amides is 1. The maximum absolute atomic E-state index is 10.7. The molecule has 1 amide bonds. The molecule has 1 heterocycles. The van der Waals surface area contributed by atoms with Gasteiger partial charge in [0, 0.05) is 24.0 Å². The van der Waals surface area contributed by atoms with Gasteiger partial charge in [-0.05, 0) is 29.8 Å². The van der Waals surface area contributed by atoms with E-state index < -0.39 is 5.91 Å². The first-order chi connectivity index (χ1) is 9.65. The van der Waals surface area contributed by atoms with Crippen molar-refractivity contribution >= 4 is 23.6 Å². The molecule has 1 aromatic carbocycles. The molecule has 0 unspecified atom stereocenters. The molecule has 0 saturated heterocycles. The summed E-state index contributed by atoms with van der Waals surface area (Å²) in [6, 6.07) is 9.02. The van der Waals surface area contributed by atoms with Crippen LogP contribution in [0.15, 0.2) is 48.8 Å². The third kappa shape index (κ3) is 4.10. The lowest BCUT2D eigenvalue weighted by atomic mass is 10.2. The Kier molecular flexibility index (Phi) is 4.74. The maximum atomic E-state index is 10.7. The van der Waals surface area contributed by atoms with Gasteiger partial charge in [0.05, 0.1) is 5.02 Å². The van der Waals surface area contributed by atoms with Crippen molar-refractivity contribution in [2.45, 2.75) is 6.61 Å². The molecule has 0 fully saturated rings. The second kappa shape index (κ2) is 6.73. The van der Waals surface area contributed by atoms with Crippen LogP contribution in [0.5, 0.6) is 5.75 Å². The first-order valence-electron chi connectivity index (χ1n) is 5.94. The van der Waals surface area contributed by atoms with E-state index >= 15 is 0 Å². The van der Waals surface area contributed by atoms with Gasteiger partial charge in [0.25, 0.3) is 0 Å². The maximum Gasteiger partial charge on any atom is 0.241 e. The Morgan fingerprint density at radius 1 is 1.40 bits per heavy atom. The Morgan fingerprint density at radius 2 is 2.25 bits per heavy atom. The van der Waals surface area contributed by atoms with Crippen LogP contribution in [0.25, 0.3) is 6.08 Å². The van der Waals surface area contributed by atoms with Crippen LogP contribution in [0.2, 0.25) is 5.02 Å². The quantitative estimate of drug-likeness (QED) is 0.860. The Bertz CT molecular complexity index is 627. The van der Waals surface area contributed by atoms with Gasteiger partial charge in [-0.25, -0.2) is 0 Å². The van der Waals surface area contributed by atoms with E-state index in [1.54, 1.807) is 36.7 Å². The fourth-order valence-corrected chi connectivity index (χ4v) is 1.80. The van der Waals surface area contributed by atoms with Crippen molar-refractivity contribution < 1.29 is 9.53 Å². The zero-order valence-corrected chi connectivity index (χ0v) is 11.4. The number of nitrogens with two attached hydrogens (primary N) is 1. The fourth-order valence-electron chi connectivity index (χ4n) is 1.56. The van der Waals surface area contributed by atoms with Crippen molar-refractivity contribution in [2.75, 3.05) is 0 Å². The Balaban J connectivity index is 2.04. The number of primary amides is 1. The minimum Gasteiger partial charge on any atom is -0.487 e. The van der Waals surface area contributed by atoms with Crippen molar-refractivity contribution in [3.8, 4) is 5.75 Å². The standard InChI is InChI=1S/C15H13ClN2O2/c16-13-8-11(4-6-15(17)19)3-5-14(13)20-10-12-2-1-7-18-9-12/h1-9H,10H2,(H2,17,19)/b6-4+. The van der Waals surface area contributed by atoms with E-state index in [1.807, 2.05) is 12.1 Å². The Hall–Kier alpha value is -2.33. The lowest BCUT2D eigenvalue weighted by Gasteiger charge is -2.08. The van der Waals surface area contributed by atoms with Gasteiger partial charge in [0.15, 0.2) is 0 Å². The zero-order chi connectivity index (χ0) is 14.4. The van der Waals surface area contributed by atoms with Crippen LogP contribution >= 0.6 is 11.6 Å². The van der Waals surface area contributed by atoms with Crippen molar-refractivity contribution in [3.63, 3.8) is 0 Å². The largest absolute Gasteiger partial charge is 0.487 e. The molecule has 0 aliphatic rings. The molecule has 2 aromatic rings. The van der Waals surface area contributed by atoms with Crippen LogP contribution in [-0.4, -0.2) is 10.9 Å². The van der Waals surface area contributed by atoms with Gasteiger partial charge in [-0.15, -0.1) is 0 Å². The van der Waals surface area contributed by atoms with Crippen LogP contribution in [0.1, 0.15) is 11.1 Å². The molecule has 4 nitrogen and oxygen atoms in total. The third-order valence-electron chi connectivity index (χ3n) is 2.51. The van der Waals surface area contributed by atoms with Crippen LogP contribution in [0, 0.1) is 0 Å². The van der Waals surface area contributed by atoms with Crippen molar-refractivity contribution in [2.24, 2.45) is 5.73 Å². The molecule has 0 saturated carbocycles. The summed E-state index contributed by atoms with van der Waals surface area (Å²) in [4.78, 5) is 14.7. The summed E-state index contributed by atoms with van der Waals surface area (Å²) in [5.41, 5.74) is 6.77. The van der Waals surface area contributed by atoms with Gasteiger partial charge in [-0.2, -0.15) is 0 Å². The summed E-state index contributed by atoms with van der Waals surface area (Å²) in [6.45, 7) is 0.393. The molecular weight excluding hydrogens is 276 g/mol. The SMILES string of the molecule is NC(=O)/C=C/c1ccc(OCc2cccnc2)c(Cl)c1. The zero-order valence-electron chi connectivity index (χ0n) is 10.6. The molecule has 0 bridgehead atoms. The molecule has 0 aliphatic heterocycles. The number of pyridine rings is 1. The molecule has 0 atom stereocenters. The van der Waals surface area contributed by atoms with E-state index in [9.17, 15) is 4.79 Å². The van der Waals surface area contributed by atoms with Crippen LogP contribution in [0.3, 0.4) is 0 Å². The van der Waals surface area contributed by atoms with Gasteiger partial charge in [-0.1, -0.05) is 23.7 Å². The van der Waals surface area contributed by atoms with Crippen LogP contribution in [-0.2, 0) is 11.4 Å². The predicted molar refractivity (Wildman–Crippen MR) is 78.2 cm³/mol. The molecule has 1 aromatic heterocycles. The van der Waals surface area contributed by atoms with E-state index in [0.717, 1.165) is 11.1 Å². The summed E-state index contributed by atoms with van der Waals surface area (Å²) < 4.78 is 5.62. The molecule has 5 heteroatoms.